The van der Waals surface area contributed by atoms with Crippen molar-refractivity contribution in [1.29, 1.82) is 0 Å². The molecule has 1 aliphatic carbocycles. The van der Waals surface area contributed by atoms with Crippen LogP contribution in [0.3, 0.4) is 0 Å². The third-order valence-corrected chi connectivity index (χ3v) is 6.31. The lowest BCUT2D eigenvalue weighted by Gasteiger charge is -2.19. The van der Waals surface area contributed by atoms with Gasteiger partial charge in [-0.2, -0.15) is 0 Å². The first-order valence-corrected chi connectivity index (χ1v) is 10.6. The SMILES string of the molecule is CS(=O)(=O)c1ccc(Cl)c(NC(=O)CN2C(=O)[C@H]3CCCC[C@@H]3C2=O)c1. The summed E-state index contributed by atoms with van der Waals surface area (Å²) < 4.78 is 23.3. The van der Waals surface area contributed by atoms with E-state index in [0.717, 1.165) is 24.0 Å². The molecule has 1 aliphatic heterocycles. The van der Waals surface area contributed by atoms with Gasteiger partial charge in [0.25, 0.3) is 0 Å². The number of benzene rings is 1. The molecule has 1 aromatic rings. The highest BCUT2D eigenvalue weighted by Gasteiger charge is 2.48. The highest BCUT2D eigenvalue weighted by Crippen LogP contribution is 2.38. The maximum Gasteiger partial charge on any atom is 0.244 e. The Bertz CT molecular complexity index is 859. The highest BCUT2D eigenvalue weighted by atomic mass is 35.5. The van der Waals surface area contributed by atoms with Crippen LogP contribution in [-0.2, 0) is 24.2 Å². The molecular formula is C17H19ClN2O5S. The topological polar surface area (TPSA) is 101 Å². The Morgan fingerprint density at radius 2 is 1.77 bits per heavy atom. The molecule has 2 atom stereocenters. The van der Waals surface area contributed by atoms with Gasteiger partial charge < -0.3 is 5.32 Å². The van der Waals surface area contributed by atoms with E-state index in [4.69, 9.17) is 11.6 Å². The Morgan fingerprint density at radius 3 is 2.31 bits per heavy atom. The molecule has 140 valence electrons. The van der Waals surface area contributed by atoms with Crippen molar-refractivity contribution < 1.29 is 22.8 Å². The van der Waals surface area contributed by atoms with Crippen LogP contribution in [0.2, 0.25) is 5.02 Å². The Morgan fingerprint density at radius 1 is 1.19 bits per heavy atom. The summed E-state index contributed by atoms with van der Waals surface area (Å²) in [7, 11) is -3.46. The van der Waals surface area contributed by atoms with Crippen LogP contribution >= 0.6 is 11.6 Å². The molecule has 1 saturated carbocycles. The van der Waals surface area contributed by atoms with Crippen LogP contribution in [0.5, 0.6) is 0 Å². The smallest absolute Gasteiger partial charge is 0.244 e. The summed E-state index contributed by atoms with van der Waals surface area (Å²) in [5, 5.41) is 2.66. The van der Waals surface area contributed by atoms with Gasteiger partial charge in [0.1, 0.15) is 6.54 Å². The molecule has 3 rings (SSSR count). The second-order valence-electron chi connectivity index (χ2n) is 6.72. The molecule has 1 saturated heterocycles. The average Bonchev–Trinajstić information content (AvgIpc) is 2.81. The first kappa shape index (κ1) is 18.8. The average molecular weight is 399 g/mol. The Balaban J connectivity index is 1.73. The van der Waals surface area contributed by atoms with Gasteiger partial charge in [-0.15, -0.1) is 0 Å². The lowest BCUT2D eigenvalue weighted by atomic mass is 9.81. The molecule has 0 radical (unpaired) electrons. The second kappa shape index (κ2) is 7.00. The third-order valence-electron chi connectivity index (χ3n) is 4.87. The quantitative estimate of drug-likeness (QED) is 0.780. The van der Waals surface area contributed by atoms with Crippen LogP contribution in [0.4, 0.5) is 5.69 Å². The van der Waals surface area contributed by atoms with Gasteiger partial charge in [-0.3, -0.25) is 19.3 Å². The summed E-state index contributed by atoms with van der Waals surface area (Å²) in [6.45, 7) is -0.399. The number of hydrogen-bond acceptors (Lipinski definition) is 5. The minimum Gasteiger partial charge on any atom is -0.323 e. The molecule has 1 aromatic carbocycles. The van der Waals surface area contributed by atoms with E-state index < -0.39 is 22.3 Å². The Labute approximate surface area is 156 Å². The van der Waals surface area contributed by atoms with Gasteiger partial charge in [0.05, 0.1) is 27.4 Å². The molecule has 1 heterocycles. The van der Waals surface area contributed by atoms with Crippen LogP contribution in [0, 0.1) is 11.8 Å². The predicted molar refractivity (Wildman–Crippen MR) is 95.4 cm³/mol. The van der Waals surface area contributed by atoms with Gasteiger partial charge in [0.15, 0.2) is 9.84 Å². The van der Waals surface area contributed by atoms with Crippen LogP contribution in [-0.4, -0.2) is 43.8 Å². The molecule has 1 N–H and O–H groups in total. The number of nitrogens with one attached hydrogen (secondary N) is 1. The number of likely N-dealkylation sites (tertiary alicyclic amines) is 1. The van der Waals surface area contributed by atoms with Gasteiger partial charge in [0.2, 0.25) is 17.7 Å². The number of anilines is 1. The van der Waals surface area contributed by atoms with Crippen molar-refractivity contribution in [3.8, 4) is 0 Å². The number of carbonyl (C=O) groups excluding carboxylic acids is 3. The van der Waals surface area contributed by atoms with Crippen LogP contribution in [0.15, 0.2) is 23.1 Å². The van der Waals surface area contributed by atoms with E-state index in [1.165, 1.54) is 18.2 Å². The van der Waals surface area contributed by atoms with Crippen molar-refractivity contribution in [2.24, 2.45) is 11.8 Å². The summed E-state index contributed by atoms with van der Waals surface area (Å²) in [6, 6.07) is 3.96. The minimum absolute atomic E-state index is 0.0107. The predicted octanol–water partition coefficient (Wildman–Crippen LogP) is 1.86. The largest absolute Gasteiger partial charge is 0.323 e. The van der Waals surface area contributed by atoms with E-state index in [1.54, 1.807) is 0 Å². The molecule has 26 heavy (non-hydrogen) atoms. The van der Waals surface area contributed by atoms with Crippen molar-refractivity contribution in [3.05, 3.63) is 23.2 Å². The first-order valence-electron chi connectivity index (χ1n) is 8.33. The minimum atomic E-state index is -3.46. The fourth-order valence-corrected chi connectivity index (χ4v) is 4.36. The van der Waals surface area contributed by atoms with Crippen molar-refractivity contribution in [1.82, 2.24) is 4.90 Å². The number of carbonyl (C=O) groups is 3. The first-order chi connectivity index (χ1) is 12.2. The Hall–Kier alpha value is -1.93. The number of amides is 3. The standard InChI is InChI=1S/C17H19ClN2O5S/c1-26(24,25)10-6-7-13(18)14(8-10)19-15(21)9-20-16(22)11-4-2-3-5-12(11)17(20)23/h6-8,11-12H,2-5,9H2,1H3,(H,19,21)/t11-,12-/m0/s1. The van der Waals surface area contributed by atoms with E-state index in [9.17, 15) is 22.8 Å². The van der Waals surface area contributed by atoms with E-state index in [1.807, 2.05) is 0 Å². The lowest BCUT2D eigenvalue weighted by molar-refractivity contribution is -0.142. The second-order valence-corrected chi connectivity index (χ2v) is 9.14. The molecule has 7 nitrogen and oxygen atoms in total. The number of fused-ring (bicyclic) bond motifs is 1. The molecule has 0 bridgehead atoms. The molecule has 0 spiro atoms. The number of nitrogens with zero attached hydrogens (tertiary/aromatic N) is 1. The van der Waals surface area contributed by atoms with E-state index >= 15 is 0 Å². The van der Waals surface area contributed by atoms with Gasteiger partial charge in [-0.05, 0) is 31.0 Å². The van der Waals surface area contributed by atoms with E-state index in [2.05, 4.69) is 5.32 Å². The Kier molecular flexibility index (Phi) is 5.07. The molecule has 2 aliphatic rings. The summed E-state index contributed by atoms with van der Waals surface area (Å²) in [5.41, 5.74) is 0.121. The van der Waals surface area contributed by atoms with Crippen molar-refractivity contribution >= 4 is 44.8 Å². The molecule has 0 unspecified atom stereocenters. The van der Waals surface area contributed by atoms with Gasteiger partial charge >= 0.3 is 0 Å². The summed E-state index contributed by atoms with van der Waals surface area (Å²) in [5.74, 6) is -1.84. The van der Waals surface area contributed by atoms with Gasteiger partial charge in [-0.1, -0.05) is 24.4 Å². The molecular weight excluding hydrogens is 380 g/mol. The van der Waals surface area contributed by atoms with Gasteiger partial charge in [-0.25, -0.2) is 8.42 Å². The van der Waals surface area contributed by atoms with Crippen LogP contribution in [0.1, 0.15) is 25.7 Å². The summed E-state index contributed by atoms with van der Waals surface area (Å²) in [4.78, 5) is 38.1. The normalized spacial score (nSPS) is 23.1. The van der Waals surface area contributed by atoms with E-state index in [-0.39, 0.29) is 39.3 Å². The number of rotatable bonds is 4. The molecule has 9 heteroatoms. The zero-order valence-electron chi connectivity index (χ0n) is 14.2. The fourth-order valence-electron chi connectivity index (χ4n) is 3.55. The number of hydrogen-bond donors (Lipinski definition) is 1. The van der Waals surface area contributed by atoms with Gasteiger partial charge in [0, 0.05) is 6.26 Å². The zero-order valence-corrected chi connectivity index (χ0v) is 15.8. The number of halogens is 1. The maximum absolute atomic E-state index is 12.4. The van der Waals surface area contributed by atoms with Crippen molar-refractivity contribution in [3.63, 3.8) is 0 Å². The molecule has 3 amide bonds. The number of sulfone groups is 1. The zero-order chi connectivity index (χ0) is 19.1. The fraction of sp³-hybridized carbons (Fsp3) is 0.471. The monoisotopic (exact) mass is 398 g/mol. The molecule has 2 fully saturated rings. The highest BCUT2D eigenvalue weighted by molar-refractivity contribution is 7.90. The van der Waals surface area contributed by atoms with Crippen LogP contribution in [0.25, 0.3) is 0 Å². The van der Waals surface area contributed by atoms with Crippen LogP contribution < -0.4 is 5.32 Å². The van der Waals surface area contributed by atoms with Crippen molar-refractivity contribution in [2.75, 3.05) is 18.1 Å². The lowest BCUT2D eigenvalue weighted by Crippen LogP contribution is -2.38. The van der Waals surface area contributed by atoms with E-state index in [0.29, 0.717) is 12.8 Å². The van der Waals surface area contributed by atoms with Crippen molar-refractivity contribution in [2.45, 2.75) is 30.6 Å². The number of imide groups is 1. The summed E-state index contributed by atoms with van der Waals surface area (Å²) in [6.07, 6.45) is 4.22. The molecule has 0 aromatic heterocycles. The maximum atomic E-state index is 12.4. The summed E-state index contributed by atoms with van der Waals surface area (Å²) >= 11 is 6.01. The third kappa shape index (κ3) is 3.61.